The van der Waals surface area contributed by atoms with Crippen molar-refractivity contribution in [3.8, 4) is 5.75 Å². The standard InChI is InChI=1S/C19H20O2/c1-3-6-14-8-5-9-19(21)17(12-14)15-10-11-18(20)16(13-15)7-4-2/h3-4,8-13,20-21H,1-2,5-7H2. The Balaban J connectivity index is 2.46. The molecule has 2 rings (SSSR count). The van der Waals surface area contributed by atoms with Crippen molar-refractivity contribution in [2.75, 3.05) is 0 Å². The van der Waals surface area contributed by atoms with Crippen molar-refractivity contribution in [3.63, 3.8) is 0 Å². The summed E-state index contributed by atoms with van der Waals surface area (Å²) in [6.45, 7) is 7.46. The van der Waals surface area contributed by atoms with Crippen molar-refractivity contribution in [1.29, 1.82) is 0 Å². The number of hydrogen-bond acceptors (Lipinski definition) is 2. The molecule has 1 aromatic carbocycles. The zero-order chi connectivity index (χ0) is 15.2. The van der Waals surface area contributed by atoms with Crippen molar-refractivity contribution < 1.29 is 10.2 Å². The van der Waals surface area contributed by atoms with Gasteiger partial charge in [0.15, 0.2) is 0 Å². The average Bonchev–Trinajstić information content (AvgIpc) is 2.64. The lowest BCUT2D eigenvalue weighted by Crippen LogP contribution is -1.92. The van der Waals surface area contributed by atoms with Gasteiger partial charge in [-0.25, -0.2) is 0 Å². The molecule has 108 valence electrons. The van der Waals surface area contributed by atoms with Gasteiger partial charge >= 0.3 is 0 Å². The molecule has 0 spiro atoms. The first-order chi connectivity index (χ1) is 10.2. The van der Waals surface area contributed by atoms with Gasteiger partial charge in [-0.05, 0) is 60.2 Å². The van der Waals surface area contributed by atoms with Gasteiger partial charge in [0.05, 0.1) is 0 Å². The van der Waals surface area contributed by atoms with Crippen LogP contribution >= 0.6 is 0 Å². The second-order valence-electron chi connectivity index (χ2n) is 4.99. The Morgan fingerprint density at radius 3 is 2.52 bits per heavy atom. The molecule has 0 saturated heterocycles. The highest BCUT2D eigenvalue weighted by Crippen LogP contribution is 2.30. The highest BCUT2D eigenvalue weighted by atomic mass is 16.3. The second-order valence-corrected chi connectivity index (χ2v) is 4.99. The zero-order valence-electron chi connectivity index (χ0n) is 12.0. The maximum absolute atomic E-state index is 10.2. The van der Waals surface area contributed by atoms with Crippen LogP contribution in [0.15, 0.2) is 73.1 Å². The van der Waals surface area contributed by atoms with E-state index in [1.807, 2.05) is 24.3 Å². The van der Waals surface area contributed by atoms with Crippen LogP contribution in [0.3, 0.4) is 0 Å². The van der Waals surface area contributed by atoms with Crippen molar-refractivity contribution in [1.82, 2.24) is 0 Å². The van der Waals surface area contributed by atoms with Crippen LogP contribution in [0.2, 0.25) is 0 Å². The third-order valence-electron chi connectivity index (χ3n) is 3.43. The van der Waals surface area contributed by atoms with Crippen molar-refractivity contribution in [2.24, 2.45) is 0 Å². The van der Waals surface area contributed by atoms with E-state index in [2.05, 4.69) is 19.2 Å². The largest absolute Gasteiger partial charge is 0.508 e. The molecule has 21 heavy (non-hydrogen) atoms. The summed E-state index contributed by atoms with van der Waals surface area (Å²) in [5.74, 6) is 0.513. The number of phenols is 1. The molecule has 2 heteroatoms. The monoisotopic (exact) mass is 280 g/mol. The maximum Gasteiger partial charge on any atom is 0.119 e. The molecule has 2 N–H and O–H groups in total. The normalized spacial score (nSPS) is 14.6. The van der Waals surface area contributed by atoms with Crippen molar-refractivity contribution >= 4 is 5.57 Å². The molecule has 0 amide bonds. The first-order valence-corrected chi connectivity index (χ1v) is 7.00. The van der Waals surface area contributed by atoms with Crippen LogP contribution in [0.1, 0.15) is 24.0 Å². The van der Waals surface area contributed by atoms with Gasteiger partial charge in [0, 0.05) is 5.57 Å². The Morgan fingerprint density at radius 1 is 1.05 bits per heavy atom. The lowest BCUT2D eigenvalue weighted by Gasteiger charge is -2.10. The van der Waals surface area contributed by atoms with Gasteiger partial charge in [0.1, 0.15) is 11.5 Å². The van der Waals surface area contributed by atoms with Gasteiger partial charge in [-0.2, -0.15) is 0 Å². The quantitative estimate of drug-likeness (QED) is 0.757. The number of aliphatic hydroxyl groups excluding tert-OH is 1. The highest BCUT2D eigenvalue weighted by Gasteiger charge is 2.12. The van der Waals surface area contributed by atoms with Gasteiger partial charge in [0.2, 0.25) is 0 Å². The third-order valence-corrected chi connectivity index (χ3v) is 3.43. The van der Waals surface area contributed by atoms with Crippen LogP contribution in [0.4, 0.5) is 0 Å². The predicted molar refractivity (Wildman–Crippen MR) is 88.2 cm³/mol. The first kappa shape index (κ1) is 14.9. The molecule has 0 aliphatic heterocycles. The molecule has 0 atom stereocenters. The molecule has 0 radical (unpaired) electrons. The number of aromatic hydroxyl groups is 1. The van der Waals surface area contributed by atoms with E-state index in [-0.39, 0.29) is 11.5 Å². The minimum Gasteiger partial charge on any atom is -0.508 e. The summed E-state index contributed by atoms with van der Waals surface area (Å²) in [7, 11) is 0. The highest BCUT2D eigenvalue weighted by molar-refractivity contribution is 5.80. The molecule has 0 fully saturated rings. The van der Waals surface area contributed by atoms with Crippen molar-refractivity contribution in [2.45, 2.75) is 19.3 Å². The summed E-state index contributed by atoms with van der Waals surface area (Å²) in [4.78, 5) is 0. The molecule has 1 aliphatic rings. The molecule has 0 unspecified atom stereocenters. The van der Waals surface area contributed by atoms with Crippen LogP contribution in [0, 0.1) is 0 Å². The minimum absolute atomic E-state index is 0.248. The summed E-state index contributed by atoms with van der Waals surface area (Å²) in [6, 6.07) is 5.36. The number of rotatable bonds is 5. The van der Waals surface area contributed by atoms with E-state index in [0.29, 0.717) is 12.8 Å². The SMILES string of the molecule is C=CCC1=CCC=C(O)C(c2ccc(O)c(CC=C)c2)=C1. The molecule has 1 aromatic rings. The Hall–Kier alpha value is -2.48. The fourth-order valence-electron chi connectivity index (χ4n) is 2.36. The van der Waals surface area contributed by atoms with Crippen LogP contribution in [0.5, 0.6) is 5.75 Å². The summed E-state index contributed by atoms with van der Waals surface area (Å²) in [5.41, 5.74) is 3.58. The van der Waals surface area contributed by atoms with Gasteiger partial charge < -0.3 is 10.2 Å². The van der Waals surface area contributed by atoms with E-state index in [0.717, 1.165) is 28.7 Å². The molecule has 0 bridgehead atoms. The first-order valence-electron chi connectivity index (χ1n) is 7.00. The smallest absolute Gasteiger partial charge is 0.119 e. The Bertz CT molecular complexity index is 646. The van der Waals surface area contributed by atoms with Gasteiger partial charge in [0.25, 0.3) is 0 Å². The van der Waals surface area contributed by atoms with E-state index in [4.69, 9.17) is 0 Å². The van der Waals surface area contributed by atoms with Gasteiger partial charge in [-0.3, -0.25) is 0 Å². The van der Waals surface area contributed by atoms with E-state index in [1.165, 1.54) is 0 Å². The fraction of sp³-hybridized carbons (Fsp3) is 0.158. The van der Waals surface area contributed by atoms with E-state index in [9.17, 15) is 10.2 Å². The van der Waals surface area contributed by atoms with E-state index >= 15 is 0 Å². The van der Waals surface area contributed by atoms with E-state index < -0.39 is 0 Å². The molecule has 0 saturated carbocycles. The topological polar surface area (TPSA) is 40.5 Å². The number of benzene rings is 1. The van der Waals surface area contributed by atoms with Crippen LogP contribution in [-0.2, 0) is 6.42 Å². The summed E-state index contributed by atoms with van der Waals surface area (Å²) < 4.78 is 0. The second kappa shape index (κ2) is 6.80. The molecule has 0 aromatic heterocycles. The molecule has 2 nitrogen and oxygen atoms in total. The lowest BCUT2D eigenvalue weighted by atomic mass is 9.97. The van der Waals surface area contributed by atoms with Gasteiger partial charge in [-0.1, -0.05) is 24.3 Å². The third kappa shape index (κ3) is 3.54. The number of hydrogen-bond donors (Lipinski definition) is 2. The molecule has 0 heterocycles. The number of phenolic OH excluding ortho intramolecular Hbond substituents is 1. The Labute approximate surface area is 125 Å². The molecular weight excluding hydrogens is 260 g/mol. The average molecular weight is 280 g/mol. The Morgan fingerprint density at radius 2 is 1.81 bits per heavy atom. The van der Waals surface area contributed by atoms with Crippen molar-refractivity contribution in [3.05, 3.63) is 84.2 Å². The summed E-state index contributed by atoms with van der Waals surface area (Å²) in [6.07, 6.45) is 11.5. The zero-order valence-corrected chi connectivity index (χ0v) is 12.0. The summed E-state index contributed by atoms with van der Waals surface area (Å²) >= 11 is 0. The Kier molecular flexibility index (Phi) is 4.83. The van der Waals surface area contributed by atoms with Crippen LogP contribution in [0.25, 0.3) is 5.57 Å². The summed E-state index contributed by atoms with van der Waals surface area (Å²) in [5, 5.41) is 20.1. The van der Waals surface area contributed by atoms with E-state index in [1.54, 1.807) is 18.2 Å². The number of aliphatic hydroxyl groups is 1. The lowest BCUT2D eigenvalue weighted by molar-refractivity contribution is 0.436. The predicted octanol–water partition coefficient (Wildman–Crippen LogP) is 4.85. The van der Waals surface area contributed by atoms with Crippen LogP contribution in [-0.4, -0.2) is 10.2 Å². The fourth-order valence-corrected chi connectivity index (χ4v) is 2.36. The molecule has 1 aliphatic carbocycles. The maximum atomic E-state index is 10.2. The van der Waals surface area contributed by atoms with Crippen LogP contribution < -0.4 is 0 Å². The molecular formula is C19H20O2. The van der Waals surface area contributed by atoms with Gasteiger partial charge in [-0.15, -0.1) is 13.2 Å². The number of allylic oxidation sites excluding steroid dienone is 7. The minimum atomic E-state index is 0.248.